The van der Waals surface area contributed by atoms with Crippen LogP contribution < -0.4 is 0 Å². The van der Waals surface area contributed by atoms with Gasteiger partial charge in [-0.3, -0.25) is 9.78 Å². The van der Waals surface area contributed by atoms with E-state index in [2.05, 4.69) is 4.98 Å². The Morgan fingerprint density at radius 3 is 2.29 bits per heavy atom. The molecule has 2 rings (SSSR count). The summed E-state index contributed by atoms with van der Waals surface area (Å²) in [5, 5.41) is 0.493. The average Bonchev–Trinajstić information content (AvgIpc) is 2.75. The maximum Gasteiger partial charge on any atom is 0.417 e. The zero-order chi connectivity index (χ0) is 17.8. The second kappa shape index (κ2) is 7.89. The number of pyridine rings is 1. The van der Waals surface area contributed by atoms with E-state index in [1.807, 2.05) is 13.8 Å². The predicted octanol–water partition coefficient (Wildman–Crippen LogP) is 5.45. The molecule has 1 aromatic rings. The molecule has 0 spiro atoms. The first kappa shape index (κ1) is 19.3. The number of Topliss-reactive ketones (excluding diaryl/α,β-unsaturated/α-hetero) is 1. The van der Waals surface area contributed by atoms with Gasteiger partial charge >= 0.3 is 6.18 Å². The van der Waals surface area contributed by atoms with Crippen LogP contribution in [0, 0.1) is 0 Å². The Hall–Kier alpha value is -1.04. The van der Waals surface area contributed by atoms with Crippen molar-refractivity contribution in [1.29, 1.82) is 0 Å². The maximum atomic E-state index is 12.6. The summed E-state index contributed by atoms with van der Waals surface area (Å²) >= 11 is 1.71. The number of thioether (sulfide) groups is 1. The van der Waals surface area contributed by atoms with Gasteiger partial charge < -0.3 is 0 Å². The van der Waals surface area contributed by atoms with Crippen molar-refractivity contribution in [3.8, 4) is 0 Å². The molecule has 0 aliphatic heterocycles. The third-order valence-corrected chi connectivity index (χ3v) is 6.05. The lowest BCUT2D eigenvalue weighted by molar-refractivity contribution is -0.137. The minimum atomic E-state index is -4.40. The molecule has 0 N–H and O–H groups in total. The van der Waals surface area contributed by atoms with Gasteiger partial charge in [-0.25, -0.2) is 0 Å². The summed E-state index contributed by atoms with van der Waals surface area (Å²) in [5.74, 6) is 0.0176. The molecule has 6 heteroatoms. The van der Waals surface area contributed by atoms with Crippen LogP contribution in [-0.4, -0.2) is 20.8 Å². The number of carbonyl (C=O) groups is 1. The van der Waals surface area contributed by atoms with Crippen molar-refractivity contribution < 1.29 is 18.0 Å². The first-order valence-corrected chi connectivity index (χ1v) is 9.30. The van der Waals surface area contributed by atoms with Crippen LogP contribution in [0.2, 0.25) is 0 Å². The highest BCUT2D eigenvalue weighted by Crippen LogP contribution is 2.37. The Bertz CT molecular complexity index is 546. The number of carbonyl (C=O) groups excluding carboxylic acids is 1. The van der Waals surface area contributed by atoms with E-state index in [1.165, 1.54) is 31.7 Å². The van der Waals surface area contributed by atoms with Crippen molar-refractivity contribution in [3.63, 3.8) is 0 Å². The lowest BCUT2D eigenvalue weighted by Gasteiger charge is -2.27. The number of nitrogens with zero attached hydrogens (tertiary/aromatic N) is 1. The second-order valence-corrected chi connectivity index (χ2v) is 8.80. The fourth-order valence-corrected chi connectivity index (χ4v) is 4.52. The van der Waals surface area contributed by atoms with E-state index in [1.54, 1.807) is 11.8 Å². The summed E-state index contributed by atoms with van der Waals surface area (Å²) in [6, 6.07) is 2.29. The third kappa shape index (κ3) is 5.50. The van der Waals surface area contributed by atoms with Gasteiger partial charge in [-0.2, -0.15) is 13.2 Å². The van der Waals surface area contributed by atoms with Crippen LogP contribution in [0.3, 0.4) is 0 Å². The van der Waals surface area contributed by atoms with Gasteiger partial charge in [0.1, 0.15) is 0 Å². The van der Waals surface area contributed by atoms with Crippen LogP contribution in [0.5, 0.6) is 0 Å². The molecule has 0 bridgehead atoms. The van der Waals surface area contributed by atoms with Crippen molar-refractivity contribution in [2.24, 2.45) is 0 Å². The van der Waals surface area contributed by atoms with Gasteiger partial charge in [0.2, 0.25) is 0 Å². The Labute approximate surface area is 145 Å². The first-order valence-electron chi connectivity index (χ1n) is 8.42. The van der Waals surface area contributed by atoms with E-state index in [0.29, 0.717) is 10.9 Å². The van der Waals surface area contributed by atoms with Crippen molar-refractivity contribution in [3.05, 3.63) is 29.6 Å². The quantitative estimate of drug-likeness (QED) is 0.655. The Kier molecular flexibility index (Phi) is 6.34. The van der Waals surface area contributed by atoms with Crippen LogP contribution in [0.15, 0.2) is 18.3 Å². The van der Waals surface area contributed by atoms with E-state index in [9.17, 15) is 18.0 Å². The molecular weight excluding hydrogens is 335 g/mol. The van der Waals surface area contributed by atoms with Gasteiger partial charge in [0.15, 0.2) is 5.78 Å². The first-order chi connectivity index (χ1) is 11.2. The van der Waals surface area contributed by atoms with E-state index in [4.69, 9.17) is 0 Å². The monoisotopic (exact) mass is 359 g/mol. The van der Waals surface area contributed by atoms with E-state index in [-0.39, 0.29) is 12.2 Å². The number of aromatic nitrogens is 1. The molecular formula is C18H24F3NOS. The van der Waals surface area contributed by atoms with Gasteiger partial charge in [-0.05, 0) is 38.8 Å². The summed E-state index contributed by atoms with van der Waals surface area (Å²) < 4.78 is 37.1. The molecule has 0 unspecified atom stereocenters. The molecule has 134 valence electrons. The van der Waals surface area contributed by atoms with Crippen molar-refractivity contribution in [2.45, 2.75) is 75.0 Å². The number of halogens is 3. The van der Waals surface area contributed by atoms with Gasteiger partial charge in [0, 0.05) is 17.1 Å². The smallest absolute Gasteiger partial charge is 0.298 e. The highest BCUT2D eigenvalue weighted by Gasteiger charge is 2.33. The molecule has 24 heavy (non-hydrogen) atoms. The van der Waals surface area contributed by atoms with Crippen LogP contribution in [0.1, 0.15) is 63.6 Å². The molecule has 1 aromatic heterocycles. The highest BCUT2D eigenvalue weighted by molar-refractivity contribution is 8.01. The normalized spacial score (nSPS) is 17.5. The second-order valence-electron chi connectivity index (χ2n) is 6.88. The van der Waals surface area contributed by atoms with Gasteiger partial charge in [-0.15, -0.1) is 11.8 Å². The highest BCUT2D eigenvalue weighted by atomic mass is 32.2. The van der Waals surface area contributed by atoms with E-state index < -0.39 is 16.5 Å². The van der Waals surface area contributed by atoms with E-state index >= 15 is 0 Å². The minimum absolute atomic E-state index is 0.0176. The Morgan fingerprint density at radius 2 is 1.79 bits per heavy atom. The van der Waals surface area contributed by atoms with E-state index in [0.717, 1.165) is 25.1 Å². The molecule has 0 atom stereocenters. The molecule has 1 fully saturated rings. The molecule has 1 heterocycles. The van der Waals surface area contributed by atoms with Crippen LogP contribution in [0.4, 0.5) is 13.2 Å². The molecule has 1 aliphatic rings. The number of ketones is 1. The molecule has 0 saturated heterocycles. The van der Waals surface area contributed by atoms with Crippen molar-refractivity contribution >= 4 is 17.5 Å². The maximum absolute atomic E-state index is 12.6. The van der Waals surface area contributed by atoms with Crippen molar-refractivity contribution in [1.82, 2.24) is 4.98 Å². The Morgan fingerprint density at radius 1 is 1.17 bits per heavy atom. The largest absolute Gasteiger partial charge is 0.417 e. The van der Waals surface area contributed by atoms with Crippen LogP contribution in [-0.2, 0) is 17.4 Å². The molecule has 2 nitrogen and oxygen atoms in total. The molecule has 0 amide bonds. The molecule has 1 saturated carbocycles. The fourth-order valence-electron chi connectivity index (χ4n) is 2.92. The number of rotatable bonds is 5. The lowest BCUT2D eigenvalue weighted by atomic mass is 10.0. The minimum Gasteiger partial charge on any atom is -0.298 e. The fraction of sp³-hybridized carbons (Fsp3) is 0.667. The third-order valence-electron chi connectivity index (χ3n) is 4.43. The van der Waals surface area contributed by atoms with Crippen LogP contribution in [0.25, 0.3) is 0 Å². The Balaban J connectivity index is 1.96. The zero-order valence-electron chi connectivity index (χ0n) is 14.2. The summed E-state index contributed by atoms with van der Waals surface area (Å²) in [7, 11) is 0. The standard InChI is InChI=1S/C18H24F3NOS/c1-17(2,24-15-7-5-3-4-6-8-15)16(23)11-14-10-9-13(12-22-14)18(19,20)21/h9-10,12,15H,3-8,11H2,1-2H3. The number of hydrogen-bond donors (Lipinski definition) is 0. The summed E-state index contributed by atoms with van der Waals surface area (Å²) in [4.78, 5) is 16.4. The lowest BCUT2D eigenvalue weighted by Crippen LogP contribution is -2.32. The topological polar surface area (TPSA) is 30.0 Å². The zero-order valence-corrected chi connectivity index (χ0v) is 15.0. The predicted molar refractivity (Wildman–Crippen MR) is 91.1 cm³/mol. The SMILES string of the molecule is CC(C)(SC1CCCCCC1)C(=O)Cc1ccc(C(F)(F)F)cn1. The van der Waals surface area contributed by atoms with Gasteiger partial charge in [0.25, 0.3) is 0 Å². The molecule has 0 aromatic carbocycles. The average molecular weight is 359 g/mol. The summed E-state index contributed by atoms with van der Waals surface area (Å²) in [6.45, 7) is 3.82. The van der Waals surface area contributed by atoms with Gasteiger partial charge in [0.05, 0.1) is 16.7 Å². The number of alkyl halides is 3. The molecule has 1 aliphatic carbocycles. The van der Waals surface area contributed by atoms with Crippen LogP contribution >= 0.6 is 11.8 Å². The van der Waals surface area contributed by atoms with Crippen molar-refractivity contribution in [2.75, 3.05) is 0 Å². The number of hydrogen-bond acceptors (Lipinski definition) is 3. The summed E-state index contributed by atoms with van der Waals surface area (Å²) in [5.41, 5.74) is -0.395. The van der Waals surface area contributed by atoms with Gasteiger partial charge in [-0.1, -0.05) is 25.7 Å². The summed E-state index contributed by atoms with van der Waals surface area (Å²) in [6.07, 6.45) is 3.70. The molecule has 0 radical (unpaired) electrons.